The highest BCUT2D eigenvalue weighted by molar-refractivity contribution is 6.30. The first-order valence-corrected chi connectivity index (χ1v) is 6.17. The predicted octanol–water partition coefficient (Wildman–Crippen LogP) is 1.99. The summed E-state index contributed by atoms with van der Waals surface area (Å²) in [6.45, 7) is 0. The number of ketones is 2. The van der Waals surface area contributed by atoms with Crippen LogP contribution >= 0.6 is 0 Å². The maximum Gasteiger partial charge on any atom is 0.198 e. The van der Waals surface area contributed by atoms with Gasteiger partial charge in [-0.2, -0.15) is 0 Å². The second-order valence-electron chi connectivity index (χ2n) is 4.58. The van der Waals surface area contributed by atoms with Crippen LogP contribution in [-0.4, -0.2) is 30.1 Å². The summed E-state index contributed by atoms with van der Waals surface area (Å²) in [7, 11) is 1.41. The van der Waals surface area contributed by atoms with Crippen LogP contribution in [-0.2, 0) is 0 Å². The number of hydrogen-bond acceptors (Lipinski definition) is 5. The van der Waals surface area contributed by atoms with Crippen LogP contribution in [0.2, 0.25) is 0 Å². The minimum Gasteiger partial charge on any atom is -0.506 e. The van der Waals surface area contributed by atoms with Crippen LogP contribution in [0.4, 0.5) is 0 Å². The van der Waals surface area contributed by atoms with Crippen molar-refractivity contribution >= 4 is 17.9 Å². The molecule has 3 rings (SSSR count). The molecule has 0 aromatic heterocycles. The molecule has 0 fully saturated rings. The van der Waals surface area contributed by atoms with E-state index in [-0.39, 0.29) is 27.8 Å². The third kappa shape index (κ3) is 1.67. The SMILES string of the molecule is COc1cccc2c1C(=O)c1ccc(C=O)c(O)c1C2=O. The number of ether oxygens (including phenoxy) is 1. The maximum atomic E-state index is 12.6. The fraction of sp³-hybridized carbons (Fsp3) is 0.0625. The Bertz CT molecular complexity index is 805. The Hall–Kier alpha value is -2.95. The molecule has 0 spiro atoms. The van der Waals surface area contributed by atoms with Gasteiger partial charge in [0.15, 0.2) is 17.9 Å². The number of phenols is 1. The molecular formula is C16H10O5. The van der Waals surface area contributed by atoms with Crippen molar-refractivity contribution in [1.29, 1.82) is 0 Å². The van der Waals surface area contributed by atoms with Crippen molar-refractivity contribution in [2.75, 3.05) is 7.11 Å². The quantitative estimate of drug-likeness (QED) is 0.727. The van der Waals surface area contributed by atoms with E-state index >= 15 is 0 Å². The van der Waals surface area contributed by atoms with E-state index in [4.69, 9.17) is 4.74 Å². The molecule has 0 unspecified atom stereocenters. The summed E-state index contributed by atoms with van der Waals surface area (Å²) >= 11 is 0. The van der Waals surface area contributed by atoms with Crippen LogP contribution in [0.15, 0.2) is 30.3 Å². The number of carbonyl (C=O) groups is 3. The highest BCUT2D eigenvalue weighted by Crippen LogP contribution is 2.37. The lowest BCUT2D eigenvalue weighted by Gasteiger charge is -2.20. The number of benzene rings is 2. The van der Waals surface area contributed by atoms with Crippen LogP contribution in [0.25, 0.3) is 0 Å². The van der Waals surface area contributed by atoms with Crippen LogP contribution in [0.5, 0.6) is 11.5 Å². The molecule has 0 bridgehead atoms. The summed E-state index contributed by atoms with van der Waals surface area (Å²) in [6, 6.07) is 7.36. The van der Waals surface area contributed by atoms with Gasteiger partial charge in [-0.15, -0.1) is 0 Å². The first kappa shape index (κ1) is 13.1. The average Bonchev–Trinajstić information content (AvgIpc) is 2.51. The molecule has 5 heteroatoms. The van der Waals surface area contributed by atoms with Crippen molar-refractivity contribution in [1.82, 2.24) is 0 Å². The van der Waals surface area contributed by atoms with E-state index in [1.807, 2.05) is 0 Å². The summed E-state index contributed by atoms with van der Waals surface area (Å²) in [6.07, 6.45) is 0.439. The minimum absolute atomic E-state index is 0.0266. The molecular weight excluding hydrogens is 272 g/mol. The number of carbonyl (C=O) groups excluding carboxylic acids is 3. The summed E-state index contributed by atoms with van der Waals surface area (Å²) in [4.78, 5) is 36.0. The van der Waals surface area contributed by atoms with E-state index in [9.17, 15) is 19.5 Å². The topological polar surface area (TPSA) is 80.7 Å². The third-order valence-electron chi connectivity index (χ3n) is 3.53. The maximum absolute atomic E-state index is 12.6. The number of aldehydes is 1. The molecule has 0 radical (unpaired) electrons. The first-order chi connectivity index (χ1) is 10.1. The zero-order valence-electron chi connectivity index (χ0n) is 11.0. The van der Waals surface area contributed by atoms with Crippen molar-refractivity contribution in [3.05, 3.63) is 58.1 Å². The van der Waals surface area contributed by atoms with Gasteiger partial charge in [0, 0.05) is 11.1 Å². The lowest BCUT2D eigenvalue weighted by molar-refractivity contribution is 0.0973. The van der Waals surface area contributed by atoms with E-state index in [0.717, 1.165) is 0 Å². The van der Waals surface area contributed by atoms with Crippen LogP contribution in [0, 0.1) is 0 Å². The number of phenolic OH excluding ortho intramolecular Hbond substituents is 1. The van der Waals surface area contributed by atoms with Crippen molar-refractivity contribution in [3.8, 4) is 11.5 Å². The Kier molecular flexibility index (Phi) is 2.83. The smallest absolute Gasteiger partial charge is 0.198 e. The Labute approximate surface area is 119 Å². The minimum atomic E-state index is -0.500. The lowest BCUT2D eigenvalue weighted by Crippen LogP contribution is -2.22. The molecule has 1 aliphatic rings. The van der Waals surface area contributed by atoms with E-state index in [2.05, 4.69) is 0 Å². The molecule has 0 amide bonds. The van der Waals surface area contributed by atoms with Crippen molar-refractivity contribution in [2.45, 2.75) is 0 Å². The second-order valence-corrected chi connectivity index (χ2v) is 4.58. The largest absolute Gasteiger partial charge is 0.506 e. The zero-order chi connectivity index (χ0) is 15.1. The molecule has 2 aromatic rings. The Morgan fingerprint density at radius 3 is 2.33 bits per heavy atom. The number of rotatable bonds is 2. The zero-order valence-corrected chi connectivity index (χ0v) is 11.0. The molecule has 0 saturated carbocycles. The molecule has 0 atom stereocenters. The molecule has 5 nitrogen and oxygen atoms in total. The van der Waals surface area contributed by atoms with Gasteiger partial charge in [-0.05, 0) is 18.2 Å². The van der Waals surface area contributed by atoms with Gasteiger partial charge in [0.25, 0.3) is 0 Å². The van der Waals surface area contributed by atoms with E-state index in [0.29, 0.717) is 12.0 Å². The van der Waals surface area contributed by atoms with Gasteiger partial charge < -0.3 is 9.84 Å². The molecule has 1 N–H and O–H groups in total. The number of methoxy groups -OCH3 is 1. The summed E-state index contributed by atoms with van der Waals surface area (Å²) in [5.74, 6) is -1.07. The Balaban J connectivity index is 2.35. The molecule has 104 valence electrons. The van der Waals surface area contributed by atoms with Crippen molar-refractivity contribution < 1.29 is 24.2 Å². The fourth-order valence-corrected chi connectivity index (χ4v) is 2.52. The Morgan fingerprint density at radius 2 is 1.67 bits per heavy atom. The van der Waals surface area contributed by atoms with Gasteiger partial charge in [-0.3, -0.25) is 14.4 Å². The number of hydrogen-bond donors (Lipinski definition) is 1. The molecule has 2 aromatic carbocycles. The molecule has 0 saturated heterocycles. The van der Waals surface area contributed by atoms with E-state index in [1.54, 1.807) is 12.1 Å². The van der Waals surface area contributed by atoms with Gasteiger partial charge >= 0.3 is 0 Å². The monoisotopic (exact) mass is 282 g/mol. The van der Waals surface area contributed by atoms with Gasteiger partial charge in [0.2, 0.25) is 0 Å². The van der Waals surface area contributed by atoms with Gasteiger partial charge in [0.05, 0.1) is 23.8 Å². The molecule has 21 heavy (non-hydrogen) atoms. The third-order valence-corrected chi connectivity index (χ3v) is 3.53. The standard InChI is InChI=1S/C16H10O5/c1-21-11-4-2-3-9-12(11)15(19)10-6-5-8(7-17)14(18)13(10)16(9)20/h2-7,18H,1H3. The first-order valence-electron chi connectivity index (χ1n) is 6.17. The highest BCUT2D eigenvalue weighted by Gasteiger charge is 2.34. The number of fused-ring (bicyclic) bond motifs is 2. The Morgan fingerprint density at radius 1 is 1.00 bits per heavy atom. The molecule has 0 aliphatic heterocycles. The highest BCUT2D eigenvalue weighted by atomic mass is 16.5. The van der Waals surface area contributed by atoms with Gasteiger partial charge in [-0.1, -0.05) is 12.1 Å². The van der Waals surface area contributed by atoms with Crippen molar-refractivity contribution in [3.63, 3.8) is 0 Å². The number of aromatic hydroxyl groups is 1. The van der Waals surface area contributed by atoms with E-state index < -0.39 is 17.3 Å². The van der Waals surface area contributed by atoms with Crippen molar-refractivity contribution in [2.24, 2.45) is 0 Å². The summed E-state index contributed by atoms with van der Waals surface area (Å²) in [5, 5.41) is 10.0. The molecule has 1 aliphatic carbocycles. The van der Waals surface area contributed by atoms with Gasteiger partial charge in [0.1, 0.15) is 11.5 Å². The average molecular weight is 282 g/mol. The van der Waals surface area contributed by atoms with Gasteiger partial charge in [-0.25, -0.2) is 0 Å². The lowest BCUT2D eigenvalue weighted by atomic mass is 9.82. The summed E-state index contributed by atoms with van der Waals surface area (Å²) < 4.78 is 5.13. The van der Waals surface area contributed by atoms with Crippen LogP contribution in [0.3, 0.4) is 0 Å². The summed E-state index contributed by atoms with van der Waals surface area (Å²) in [5.41, 5.74) is 0.243. The normalized spacial score (nSPS) is 12.6. The fourth-order valence-electron chi connectivity index (χ4n) is 2.52. The van der Waals surface area contributed by atoms with Crippen LogP contribution in [0.1, 0.15) is 42.2 Å². The van der Waals surface area contributed by atoms with Crippen LogP contribution < -0.4 is 4.74 Å². The second kappa shape index (κ2) is 4.56. The van der Waals surface area contributed by atoms with E-state index in [1.165, 1.54) is 25.3 Å². The predicted molar refractivity (Wildman–Crippen MR) is 73.4 cm³/mol. The molecule has 0 heterocycles.